The van der Waals surface area contributed by atoms with Crippen molar-refractivity contribution in [1.82, 2.24) is 9.78 Å². The normalized spacial score (nSPS) is 10.5. The smallest absolute Gasteiger partial charge is 0.356 e. The number of benzene rings is 1. The summed E-state index contributed by atoms with van der Waals surface area (Å²) < 4.78 is 1.71. The maximum Gasteiger partial charge on any atom is 0.356 e. The third-order valence-electron chi connectivity index (χ3n) is 2.78. The quantitative estimate of drug-likeness (QED) is 0.879. The molecule has 0 spiro atoms. The Balaban J connectivity index is 2.30. The molecule has 0 amide bonds. The summed E-state index contributed by atoms with van der Waals surface area (Å²) in [7, 11) is 0. The molecular weight excluding hydrogens is 216 g/mol. The Bertz CT molecular complexity index is 558. The predicted octanol–water partition coefficient (Wildman–Crippen LogP) is 2.25. The minimum Gasteiger partial charge on any atom is -0.476 e. The Hall–Kier alpha value is -2.10. The van der Waals surface area contributed by atoms with Gasteiger partial charge in [-0.3, -0.25) is 4.68 Å². The van der Waals surface area contributed by atoms with Gasteiger partial charge in [0.1, 0.15) is 0 Å². The molecular formula is C13H14N2O2. The summed E-state index contributed by atoms with van der Waals surface area (Å²) in [5.41, 5.74) is 3.27. The van der Waals surface area contributed by atoms with E-state index in [1.807, 2.05) is 38.1 Å². The molecule has 0 bridgehead atoms. The number of carboxylic acid groups (broad SMARTS) is 1. The van der Waals surface area contributed by atoms with E-state index in [0.717, 1.165) is 11.3 Å². The molecule has 0 saturated heterocycles. The lowest BCUT2D eigenvalue weighted by molar-refractivity contribution is 0.0689. The molecule has 2 aromatic rings. The molecule has 1 aromatic carbocycles. The lowest BCUT2D eigenvalue weighted by Gasteiger charge is -2.07. The van der Waals surface area contributed by atoms with Crippen LogP contribution in [-0.2, 0) is 6.54 Å². The zero-order valence-electron chi connectivity index (χ0n) is 9.84. The number of nitrogens with zero attached hydrogens (tertiary/aromatic N) is 2. The average Bonchev–Trinajstić information content (AvgIpc) is 2.64. The summed E-state index contributed by atoms with van der Waals surface area (Å²) in [6, 6.07) is 9.60. The Morgan fingerprint density at radius 3 is 2.65 bits per heavy atom. The first-order valence-electron chi connectivity index (χ1n) is 5.40. The van der Waals surface area contributed by atoms with Crippen LogP contribution in [0.5, 0.6) is 0 Å². The second-order valence-corrected chi connectivity index (χ2v) is 4.06. The second kappa shape index (κ2) is 4.41. The monoisotopic (exact) mass is 230 g/mol. The van der Waals surface area contributed by atoms with Crippen LogP contribution < -0.4 is 0 Å². The van der Waals surface area contributed by atoms with Gasteiger partial charge in [-0.1, -0.05) is 24.3 Å². The number of rotatable bonds is 3. The molecule has 0 aliphatic heterocycles. The van der Waals surface area contributed by atoms with Crippen LogP contribution >= 0.6 is 0 Å². The lowest BCUT2D eigenvalue weighted by atomic mass is 10.1. The first kappa shape index (κ1) is 11.4. The molecule has 0 atom stereocenters. The van der Waals surface area contributed by atoms with E-state index in [-0.39, 0.29) is 5.69 Å². The van der Waals surface area contributed by atoms with E-state index in [9.17, 15) is 4.79 Å². The van der Waals surface area contributed by atoms with Crippen LogP contribution in [0, 0.1) is 13.8 Å². The van der Waals surface area contributed by atoms with E-state index < -0.39 is 5.97 Å². The fourth-order valence-corrected chi connectivity index (χ4v) is 1.72. The first-order valence-corrected chi connectivity index (χ1v) is 5.40. The van der Waals surface area contributed by atoms with Crippen LogP contribution in [0.15, 0.2) is 30.3 Å². The van der Waals surface area contributed by atoms with Crippen LogP contribution in [0.2, 0.25) is 0 Å². The summed E-state index contributed by atoms with van der Waals surface area (Å²) >= 11 is 0. The highest BCUT2D eigenvalue weighted by molar-refractivity contribution is 5.85. The highest BCUT2D eigenvalue weighted by atomic mass is 16.4. The Kier molecular flexibility index (Phi) is 2.95. The van der Waals surface area contributed by atoms with E-state index in [1.54, 1.807) is 10.7 Å². The summed E-state index contributed by atoms with van der Waals surface area (Å²) in [6.45, 7) is 4.50. The van der Waals surface area contributed by atoms with Gasteiger partial charge in [-0.25, -0.2) is 4.79 Å². The van der Waals surface area contributed by atoms with Gasteiger partial charge >= 0.3 is 5.97 Å². The van der Waals surface area contributed by atoms with Gasteiger partial charge in [0.05, 0.1) is 6.54 Å². The maximum absolute atomic E-state index is 10.8. The van der Waals surface area contributed by atoms with Gasteiger partial charge in [0, 0.05) is 5.69 Å². The van der Waals surface area contributed by atoms with E-state index in [2.05, 4.69) is 5.10 Å². The van der Waals surface area contributed by atoms with Crippen molar-refractivity contribution in [3.63, 3.8) is 0 Å². The van der Waals surface area contributed by atoms with Crippen molar-refractivity contribution in [2.75, 3.05) is 0 Å². The van der Waals surface area contributed by atoms with Crippen molar-refractivity contribution in [3.05, 3.63) is 52.8 Å². The highest BCUT2D eigenvalue weighted by Gasteiger charge is 2.10. The predicted molar refractivity (Wildman–Crippen MR) is 64.2 cm³/mol. The molecule has 0 aliphatic carbocycles. The number of carboxylic acids is 1. The molecule has 4 nitrogen and oxygen atoms in total. The molecule has 0 unspecified atom stereocenters. The van der Waals surface area contributed by atoms with Crippen molar-refractivity contribution >= 4 is 5.97 Å². The topological polar surface area (TPSA) is 55.1 Å². The van der Waals surface area contributed by atoms with Gasteiger partial charge in [-0.2, -0.15) is 5.10 Å². The Morgan fingerprint density at radius 1 is 1.35 bits per heavy atom. The molecule has 1 N–H and O–H groups in total. The molecule has 1 aromatic heterocycles. The molecule has 1 heterocycles. The molecule has 0 fully saturated rings. The van der Waals surface area contributed by atoms with Gasteiger partial charge in [0.15, 0.2) is 5.69 Å². The number of hydrogen-bond acceptors (Lipinski definition) is 2. The van der Waals surface area contributed by atoms with Gasteiger partial charge in [0.2, 0.25) is 0 Å². The van der Waals surface area contributed by atoms with E-state index in [4.69, 9.17) is 5.11 Å². The minimum atomic E-state index is -0.989. The largest absolute Gasteiger partial charge is 0.476 e. The zero-order chi connectivity index (χ0) is 12.4. The molecule has 17 heavy (non-hydrogen) atoms. The third-order valence-corrected chi connectivity index (χ3v) is 2.78. The van der Waals surface area contributed by atoms with Gasteiger partial charge in [0.25, 0.3) is 0 Å². The van der Waals surface area contributed by atoms with Crippen LogP contribution in [0.1, 0.15) is 27.3 Å². The van der Waals surface area contributed by atoms with Crippen LogP contribution in [0.25, 0.3) is 0 Å². The first-order chi connectivity index (χ1) is 8.08. The summed E-state index contributed by atoms with van der Waals surface area (Å²) in [4.78, 5) is 10.8. The summed E-state index contributed by atoms with van der Waals surface area (Å²) in [5.74, 6) is -0.989. The number of carbonyl (C=O) groups is 1. The molecule has 0 radical (unpaired) electrons. The van der Waals surface area contributed by atoms with Crippen molar-refractivity contribution in [1.29, 1.82) is 0 Å². The molecule has 0 aliphatic rings. The standard InChI is InChI=1S/C13H14N2O2/c1-9-5-3-4-6-11(9)8-15-10(2)7-12(14-15)13(16)17/h3-7H,8H2,1-2H3,(H,16,17). The molecule has 88 valence electrons. The number of aromatic nitrogens is 2. The third kappa shape index (κ3) is 2.36. The molecule has 4 heteroatoms. The van der Waals surface area contributed by atoms with E-state index in [0.29, 0.717) is 6.54 Å². The van der Waals surface area contributed by atoms with Crippen molar-refractivity contribution < 1.29 is 9.90 Å². The van der Waals surface area contributed by atoms with Gasteiger partial charge in [-0.15, -0.1) is 0 Å². The molecule has 0 saturated carbocycles. The summed E-state index contributed by atoms with van der Waals surface area (Å²) in [6.07, 6.45) is 0. The lowest BCUT2D eigenvalue weighted by Crippen LogP contribution is -2.06. The van der Waals surface area contributed by atoms with Crippen molar-refractivity contribution in [2.24, 2.45) is 0 Å². The summed E-state index contributed by atoms with van der Waals surface area (Å²) in [5, 5.41) is 12.9. The van der Waals surface area contributed by atoms with Crippen molar-refractivity contribution in [2.45, 2.75) is 20.4 Å². The Labute approximate surface area is 99.5 Å². The number of aromatic carboxylic acids is 1. The Morgan fingerprint density at radius 2 is 2.06 bits per heavy atom. The van der Waals surface area contributed by atoms with Crippen molar-refractivity contribution in [3.8, 4) is 0 Å². The SMILES string of the molecule is Cc1ccccc1Cn1nc(C(=O)O)cc1C. The van der Waals surface area contributed by atoms with Crippen LogP contribution in [0.3, 0.4) is 0 Å². The van der Waals surface area contributed by atoms with Crippen LogP contribution in [0.4, 0.5) is 0 Å². The highest BCUT2D eigenvalue weighted by Crippen LogP contribution is 2.11. The van der Waals surface area contributed by atoms with Gasteiger partial charge in [-0.05, 0) is 31.0 Å². The second-order valence-electron chi connectivity index (χ2n) is 4.06. The minimum absolute atomic E-state index is 0.0936. The fourth-order valence-electron chi connectivity index (χ4n) is 1.72. The van der Waals surface area contributed by atoms with Crippen LogP contribution in [-0.4, -0.2) is 20.9 Å². The maximum atomic E-state index is 10.8. The fraction of sp³-hybridized carbons (Fsp3) is 0.231. The van der Waals surface area contributed by atoms with E-state index >= 15 is 0 Å². The van der Waals surface area contributed by atoms with Gasteiger partial charge < -0.3 is 5.11 Å². The zero-order valence-corrected chi connectivity index (χ0v) is 9.84. The average molecular weight is 230 g/mol. The number of hydrogen-bond donors (Lipinski definition) is 1. The number of aryl methyl sites for hydroxylation is 2. The van der Waals surface area contributed by atoms with E-state index in [1.165, 1.54) is 5.56 Å². The molecule has 2 rings (SSSR count).